The van der Waals surface area contributed by atoms with Crippen molar-refractivity contribution in [1.82, 2.24) is 47.9 Å². The summed E-state index contributed by atoms with van der Waals surface area (Å²) in [6.07, 6.45) is 1.34. The Morgan fingerprint density at radius 2 is 1.23 bits per heavy atom. The molecule has 27 heteroatoms. The van der Waals surface area contributed by atoms with Crippen molar-refractivity contribution in [2.45, 2.75) is 214 Å². The number of amides is 8. The minimum Gasteiger partial charge on any atom is -0.458 e. The summed E-state index contributed by atoms with van der Waals surface area (Å²) in [7, 11) is 1.67. The monoisotopic (exact) mass is 1270 g/mol. The fourth-order valence-electron chi connectivity index (χ4n) is 10.3. The number of carbonyl (C=O) groups excluding carboxylic acids is 12. The van der Waals surface area contributed by atoms with Crippen LogP contribution in [0.2, 0.25) is 0 Å². The molecule has 15 N–H and O–H groups in total. The minimum absolute atomic E-state index is 0.0286. The van der Waals surface area contributed by atoms with Crippen molar-refractivity contribution in [1.29, 1.82) is 0 Å². The second-order valence-electron chi connectivity index (χ2n) is 24.0. The van der Waals surface area contributed by atoms with Crippen molar-refractivity contribution < 1.29 is 72.5 Å². The van der Waals surface area contributed by atoms with E-state index in [9.17, 15) is 67.7 Å². The number of nitrogens with zero attached hydrogens (tertiary/aromatic N) is 1. The number of ketones is 3. The predicted octanol–water partition coefficient (Wildman–Crippen LogP) is 0.0394. The Kier molecular flexibility index (Phi) is 34.7. The minimum atomic E-state index is -1.57. The number of primary amides is 1. The number of benzene rings is 1. The first-order valence-corrected chi connectivity index (χ1v) is 31.6. The highest BCUT2D eigenvalue weighted by molar-refractivity contribution is 5.98. The molecule has 1 aromatic carbocycles. The van der Waals surface area contributed by atoms with Crippen LogP contribution < -0.4 is 59.3 Å². The molecule has 1 saturated heterocycles. The summed E-state index contributed by atoms with van der Waals surface area (Å²) in [5, 5.41) is 44.6. The second kappa shape index (κ2) is 39.7. The van der Waals surface area contributed by atoms with E-state index in [4.69, 9.17) is 16.2 Å². The van der Waals surface area contributed by atoms with E-state index in [0.717, 1.165) is 12.0 Å². The third kappa shape index (κ3) is 25.1. The lowest BCUT2D eigenvalue weighted by Gasteiger charge is -2.30. The lowest BCUT2D eigenvalue weighted by molar-refractivity contribution is -0.157. The van der Waals surface area contributed by atoms with E-state index < -0.39 is 145 Å². The summed E-state index contributed by atoms with van der Waals surface area (Å²) >= 11 is 0. The van der Waals surface area contributed by atoms with E-state index in [2.05, 4.69) is 52.8 Å². The Balaban J connectivity index is 0.000000666. The van der Waals surface area contributed by atoms with E-state index in [-0.39, 0.29) is 85.5 Å². The highest BCUT2D eigenvalue weighted by Gasteiger charge is 2.41. The number of aliphatic hydroxyl groups is 2. The highest BCUT2D eigenvalue weighted by Crippen LogP contribution is 2.23. The van der Waals surface area contributed by atoms with Gasteiger partial charge in [0.05, 0.1) is 61.8 Å². The topological polar surface area (TPSA) is 427 Å². The summed E-state index contributed by atoms with van der Waals surface area (Å²) in [4.78, 5) is 161. The quantitative estimate of drug-likeness (QED) is 0.0405. The fourth-order valence-corrected chi connectivity index (χ4v) is 10.3. The van der Waals surface area contributed by atoms with Crippen molar-refractivity contribution in [3.05, 3.63) is 35.9 Å². The number of aliphatic imine (C=N–C) groups is 1. The molecule has 90 heavy (non-hydrogen) atoms. The molecule has 2 heterocycles. The number of Topliss-reactive ketones (excluding diaryl/α,β-unsaturated/α-hetero) is 3. The molecule has 0 bridgehead atoms. The van der Waals surface area contributed by atoms with Gasteiger partial charge in [-0.05, 0) is 82.7 Å². The summed E-state index contributed by atoms with van der Waals surface area (Å²) in [6, 6.07) is 0.725. The Bertz CT molecular complexity index is 2610. The van der Waals surface area contributed by atoms with Gasteiger partial charge in [-0.15, -0.1) is 0 Å². The first kappa shape index (κ1) is 78.7. The Morgan fingerprint density at radius 1 is 0.678 bits per heavy atom. The maximum atomic E-state index is 13.7. The molecule has 2 aliphatic heterocycles. The van der Waals surface area contributed by atoms with Crippen LogP contribution in [0, 0.1) is 41.4 Å². The molecule has 0 radical (unpaired) electrons. The molecule has 27 nitrogen and oxygen atoms in total. The van der Waals surface area contributed by atoms with Gasteiger partial charge >= 0.3 is 5.97 Å². The molecule has 3 rings (SSSR count). The lowest BCUT2D eigenvalue weighted by Crippen LogP contribution is -2.59. The molecule has 0 unspecified atom stereocenters. The number of cyclic esters (lactones) is 1. The van der Waals surface area contributed by atoms with Crippen molar-refractivity contribution in [2.24, 2.45) is 57.9 Å². The fraction of sp³-hybridized carbons (Fsp3) is 0.698. The molecule has 8 amide bonds. The summed E-state index contributed by atoms with van der Waals surface area (Å²) in [5.41, 5.74) is 11.8. The van der Waals surface area contributed by atoms with E-state index in [1.54, 1.807) is 14.0 Å². The average molecular weight is 1270 g/mol. The number of likely N-dealkylation sites (N-methyl/N-ethyl adjacent to an activating group) is 1. The number of aliphatic hydroxyl groups excluding tert-OH is 2. The van der Waals surface area contributed by atoms with Crippen molar-refractivity contribution >= 4 is 76.5 Å². The van der Waals surface area contributed by atoms with Crippen LogP contribution in [0.4, 0.5) is 0 Å². The molecule has 0 aliphatic carbocycles. The first-order chi connectivity index (χ1) is 42.4. The van der Waals surface area contributed by atoms with Gasteiger partial charge in [-0.25, -0.2) is 4.79 Å². The number of hydrogen-bond acceptors (Lipinski definition) is 19. The number of nitrogens with one attached hydrogen (secondary N) is 9. The van der Waals surface area contributed by atoms with E-state index >= 15 is 0 Å². The average Bonchev–Trinajstić information content (AvgIpc) is 2.12. The molecule has 0 aromatic heterocycles. The van der Waals surface area contributed by atoms with Gasteiger partial charge in [-0.2, -0.15) is 0 Å². The van der Waals surface area contributed by atoms with Crippen LogP contribution in [0.5, 0.6) is 0 Å². The number of esters is 1. The summed E-state index contributed by atoms with van der Waals surface area (Å²) < 4.78 is 5.70. The van der Waals surface area contributed by atoms with Crippen LogP contribution in [0.15, 0.2) is 35.3 Å². The number of guanidine groups is 1. The largest absolute Gasteiger partial charge is 0.458 e. The lowest BCUT2D eigenvalue weighted by atomic mass is 9.86. The third-order valence-electron chi connectivity index (χ3n) is 17.2. The molecule has 1 fully saturated rings. The van der Waals surface area contributed by atoms with Gasteiger partial charge in [0.1, 0.15) is 30.3 Å². The van der Waals surface area contributed by atoms with Gasteiger partial charge in [0.2, 0.25) is 47.3 Å². The molecule has 506 valence electrons. The van der Waals surface area contributed by atoms with Gasteiger partial charge in [0, 0.05) is 25.2 Å². The van der Waals surface area contributed by atoms with E-state index in [1.807, 2.05) is 85.7 Å². The Hall–Kier alpha value is -7.39. The van der Waals surface area contributed by atoms with Crippen molar-refractivity contribution in [2.75, 3.05) is 26.8 Å². The third-order valence-corrected chi connectivity index (χ3v) is 17.2. The van der Waals surface area contributed by atoms with Crippen LogP contribution in [-0.4, -0.2) is 174 Å². The van der Waals surface area contributed by atoms with Crippen LogP contribution in [0.1, 0.15) is 153 Å². The maximum absolute atomic E-state index is 13.7. The SMILES string of the molecule is CC[C@H](C)[C@H](NC(=O)[C@@H](Cc1ccccc1)NC)C(=O)C[C@@H](CO)C(=O)N[C@H](CCC(N)=O)C(C)=O.CC[C@H](C)[C@H](NC(=O)[C@H](CC)[C@@H](C)CC)C(=O)C[C@@H](CO)C(=O)N[C@H]1C(=O)N[C@@H](C)C(=O)N[C@@H](C[C@H]2CN=C(N)N2)C(=O)N[C@@H]([C@@H](C)CC)C(=O)O[C@H]1C. The molecule has 0 saturated carbocycles. The number of carbonyl (C=O) groups is 12. The summed E-state index contributed by atoms with van der Waals surface area (Å²) in [5.74, 6) is -10.5. The van der Waals surface area contributed by atoms with Gasteiger partial charge in [0.25, 0.3) is 0 Å². The molecular formula is C63H104N12O15. The smallest absolute Gasteiger partial charge is 0.329 e. The van der Waals surface area contributed by atoms with Gasteiger partial charge < -0.3 is 74.3 Å². The number of hydrogen-bond donors (Lipinski definition) is 13. The van der Waals surface area contributed by atoms with Gasteiger partial charge in [-0.1, -0.05) is 118 Å². The summed E-state index contributed by atoms with van der Waals surface area (Å²) in [6.45, 7) is 19.8. The maximum Gasteiger partial charge on any atom is 0.329 e. The van der Waals surface area contributed by atoms with Crippen molar-refractivity contribution in [3.8, 4) is 0 Å². The second-order valence-corrected chi connectivity index (χ2v) is 24.0. The Labute approximate surface area is 529 Å². The molecule has 2 aliphatic rings. The highest BCUT2D eigenvalue weighted by atomic mass is 16.5. The first-order valence-electron chi connectivity index (χ1n) is 31.6. The zero-order valence-corrected chi connectivity index (χ0v) is 54.9. The van der Waals surface area contributed by atoms with Crippen LogP contribution >= 0.6 is 0 Å². The zero-order valence-electron chi connectivity index (χ0n) is 54.9. The number of rotatable bonds is 34. The molecule has 1 aromatic rings. The van der Waals surface area contributed by atoms with Crippen LogP contribution in [0.3, 0.4) is 0 Å². The Morgan fingerprint density at radius 3 is 1.71 bits per heavy atom. The molecular weight excluding hydrogens is 1160 g/mol. The number of nitrogens with two attached hydrogens (primary N) is 2. The molecule has 17 atom stereocenters. The van der Waals surface area contributed by atoms with Gasteiger partial charge in [-0.3, -0.25) is 57.7 Å². The standard InChI is InChI=1S/C37H64N8O9.C26H40N4O6/c1-10-18(5)25(13-4)33(50)43-28(19(6)11-2)27(47)14-23(17-46)32(49)45-30-22(9)54-36(53)29(20(7)12-3)44-34(51)26(15-24-16-39-37(38)41-24)42-31(48)21(8)40-35(30)52;1-5-16(2)24(30-26(36)21(28-4)13-18-9-7-6-8-10-18)22(33)14-19(15-31)25(35)29-20(17(3)32)11-12-23(27)34/h18-26,28-30,46H,10-17H2,1-9H3,(H,40,52)(H,42,48)(H,43,50)(H,44,51)(H,45,49)(H3,38,39,41);6-10,16,19-21,24,28,31H,5,11-15H2,1-4H3,(H2,27,34)(H,29,35)(H,30,36)/t18-,19-,20-,21-,22-,23-,24-,25+,26-,28-,29-,30+;16-,19-,20+,21+,24-/m00/s1. The van der Waals surface area contributed by atoms with E-state index in [0.29, 0.717) is 32.1 Å². The van der Waals surface area contributed by atoms with Crippen LogP contribution in [-0.2, 0) is 68.7 Å². The predicted molar refractivity (Wildman–Crippen MR) is 337 cm³/mol. The normalized spacial score (nSPS) is 22.4. The van der Waals surface area contributed by atoms with E-state index in [1.165, 1.54) is 20.8 Å². The zero-order chi connectivity index (χ0) is 68.1. The molecule has 0 spiro atoms. The van der Waals surface area contributed by atoms with Crippen LogP contribution in [0.25, 0.3) is 0 Å². The van der Waals surface area contributed by atoms with Crippen molar-refractivity contribution in [3.63, 3.8) is 0 Å². The van der Waals surface area contributed by atoms with Gasteiger partial charge in [0.15, 0.2) is 23.3 Å². The number of ether oxygens (including phenoxy) is 1.